The standard InChI is InChI=1S/C39H46FN5/c1-27(24-39(2,3)4)32-14-16-35-36(23-32)45(26-29-7-5-8-29)38(43-35)22-28-17-19-44(20-18-28)37-10-6-9-33(42-37)15-13-31-12-11-30(25-41)21-34(31)40/h6,9-12,14,16,21,23,28-29H,1,5,7-8,13,15,17-20,22,24,26H2,2-4H3. The van der Waals surface area contributed by atoms with E-state index in [1.54, 1.807) is 12.1 Å². The summed E-state index contributed by atoms with van der Waals surface area (Å²) in [7, 11) is 0. The lowest BCUT2D eigenvalue weighted by Gasteiger charge is -2.33. The Morgan fingerprint density at radius 2 is 1.78 bits per heavy atom. The minimum Gasteiger partial charge on any atom is -0.357 e. The van der Waals surface area contributed by atoms with Crippen LogP contribution in [0.4, 0.5) is 10.2 Å². The van der Waals surface area contributed by atoms with E-state index < -0.39 is 0 Å². The van der Waals surface area contributed by atoms with Crippen molar-refractivity contribution in [2.45, 2.75) is 85.1 Å². The van der Waals surface area contributed by atoms with Gasteiger partial charge >= 0.3 is 0 Å². The molecule has 0 amide bonds. The van der Waals surface area contributed by atoms with Gasteiger partial charge in [0.2, 0.25) is 0 Å². The monoisotopic (exact) mass is 603 g/mol. The number of nitrogens with zero attached hydrogens (tertiary/aromatic N) is 5. The molecular weight excluding hydrogens is 557 g/mol. The van der Waals surface area contributed by atoms with Crippen LogP contribution in [-0.4, -0.2) is 27.6 Å². The topological polar surface area (TPSA) is 57.7 Å². The first kappa shape index (κ1) is 31.0. The molecule has 2 aliphatic rings. The molecular formula is C39H46FN5. The average Bonchev–Trinajstić information content (AvgIpc) is 3.33. The number of imidazole rings is 1. The van der Waals surface area contributed by atoms with E-state index in [4.69, 9.17) is 15.2 Å². The summed E-state index contributed by atoms with van der Waals surface area (Å²) < 4.78 is 16.9. The number of nitriles is 1. The molecule has 2 fully saturated rings. The zero-order valence-electron chi connectivity index (χ0n) is 27.2. The Bertz CT molecular complexity index is 1710. The minimum absolute atomic E-state index is 0.209. The second-order valence-electron chi connectivity index (χ2n) is 14.5. The maximum Gasteiger partial charge on any atom is 0.128 e. The molecule has 6 heteroatoms. The van der Waals surface area contributed by atoms with Gasteiger partial charge in [-0.2, -0.15) is 5.26 Å². The molecule has 0 N–H and O–H groups in total. The van der Waals surface area contributed by atoms with E-state index in [1.165, 1.54) is 47.8 Å². The zero-order valence-corrected chi connectivity index (χ0v) is 27.2. The van der Waals surface area contributed by atoms with Crippen LogP contribution in [0.15, 0.2) is 61.2 Å². The minimum atomic E-state index is -0.320. The molecule has 4 aromatic rings. The number of hydrogen-bond donors (Lipinski definition) is 0. The van der Waals surface area contributed by atoms with E-state index in [0.717, 1.165) is 68.3 Å². The van der Waals surface area contributed by atoms with Gasteiger partial charge in [-0.15, -0.1) is 0 Å². The highest BCUT2D eigenvalue weighted by Gasteiger charge is 2.26. The molecule has 1 aliphatic heterocycles. The summed E-state index contributed by atoms with van der Waals surface area (Å²) in [5.41, 5.74) is 6.96. The molecule has 0 bridgehead atoms. The van der Waals surface area contributed by atoms with E-state index in [2.05, 4.69) is 67.1 Å². The molecule has 6 rings (SSSR count). The predicted octanol–water partition coefficient (Wildman–Crippen LogP) is 8.94. The normalized spacial score (nSPS) is 16.1. The highest BCUT2D eigenvalue weighted by atomic mass is 19.1. The largest absolute Gasteiger partial charge is 0.357 e. The second kappa shape index (κ2) is 13.2. The van der Waals surface area contributed by atoms with Gasteiger partial charge in [0, 0.05) is 31.7 Å². The molecule has 2 aromatic heterocycles. The Balaban J connectivity index is 1.11. The number of anilines is 1. The van der Waals surface area contributed by atoms with Crippen LogP contribution in [0.5, 0.6) is 0 Å². The number of aryl methyl sites for hydroxylation is 2. The number of piperidine rings is 1. The van der Waals surface area contributed by atoms with Crippen molar-refractivity contribution in [3.8, 4) is 6.07 Å². The van der Waals surface area contributed by atoms with Crippen molar-refractivity contribution in [2.24, 2.45) is 17.3 Å². The molecule has 5 nitrogen and oxygen atoms in total. The van der Waals surface area contributed by atoms with Crippen molar-refractivity contribution in [1.82, 2.24) is 14.5 Å². The SMILES string of the molecule is C=C(CC(C)(C)C)c1ccc2nc(CC3CCN(c4cccc(CCc5ccc(C#N)cc5F)n4)CC3)n(CC3CCC3)c2c1. The highest BCUT2D eigenvalue weighted by Crippen LogP contribution is 2.34. The van der Waals surface area contributed by atoms with Gasteiger partial charge in [0.15, 0.2) is 0 Å². The van der Waals surface area contributed by atoms with Crippen molar-refractivity contribution < 1.29 is 4.39 Å². The molecule has 0 spiro atoms. The fourth-order valence-electron chi connectivity index (χ4n) is 6.92. The Kier molecular flexibility index (Phi) is 9.08. The summed E-state index contributed by atoms with van der Waals surface area (Å²) in [5, 5.41) is 9.01. The van der Waals surface area contributed by atoms with Crippen LogP contribution in [0.25, 0.3) is 16.6 Å². The van der Waals surface area contributed by atoms with Gasteiger partial charge in [0.05, 0.1) is 22.7 Å². The molecule has 2 aromatic carbocycles. The van der Waals surface area contributed by atoms with Gasteiger partial charge in [-0.05, 0) is 115 Å². The summed E-state index contributed by atoms with van der Waals surface area (Å²) in [6.07, 6.45) is 9.43. The maximum atomic E-state index is 14.4. The first-order valence-electron chi connectivity index (χ1n) is 16.7. The number of aromatic nitrogens is 3. The number of pyridine rings is 1. The fraction of sp³-hybridized carbons (Fsp3) is 0.462. The van der Waals surface area contributed by atoms with Crippen molar-refractivity contribution in [3.63, 3.8) is 0 Å². The predicted molar refractivity (Wildman–Crippen MR) is 182 cm³/mol. The molecule has 45 heavy (non-hydrogen) atoms. The summed E-state index contributed by atoms with van der Waals surface area (Å²) >= 11 is 0. The fourth-order valence-corrected chi connectivity index (χ4v) is 6.92. The molecule has 1 saturated heterocycles. The van der Waals surface area contributed by atoms with Gasteiger partial charge in [0.25, 0.3) is 0 Å². The van der Waals surface area contributed by atoms with Gasteiger partial charge in [-0.1, -0.05) is 52.0 Å². The lowest BCUT2D eigenvalue weighted by atomic mass is 9.85. The number of hydrogen-bond acceptors (Lipinski definition) is 4. The van der Waals surface area contributed by atoms with Gasteiger partial charge < -0.3 is 9.47 Å². The first-order chi connectivity index (χ1) is 21.6. The van der Waals surface area contributed by atoms with Crippen molar-refractivity contribution in [3.05, 3.63) is 95.2 Å². The number of halogens is 1. The van der Waals surface area contributed by atoms with Crippen molar-refractivity contribution >= 4 is 22.4 Å². The van der Waals surface area contributed by atoms with Crippen LogP contribution >= 0.6 is 0 Å². The van der Waals surface area contributed by atoms with Crippen LogP contribution in [0.2, 0.25) is 0 Å². The number of allylic oxidation sites excluding steroid dienone is 1. The van der Waals surface area contributed by atoms with Gasteiger partial charge in [-0.3, -0.25) is 0 Å². The second-order valence-corrected chi connectivity index (χ2v) is 14.5. The molecule has 1 saturated carbocycles. The third-order valence-corrected chi connectivity index (χ3v) is 9.68. The maximum absolute atomic E-state index is 14.4. The lowest BCUT2D eigenvalue weighted by molar-refractivity contribution is 0.274. The molecule has 3 heterocycles. The molecule has 0 atom stereocenters. The summed E-state index contributed by atoms with van der Waals surface area (Å²) in [4.78, 5) is 12.6. The van der Waals surface area contributed by atoms with Crippen LogP contribution < -0.4 is 4.90 Å². The van der Waals surface area contributed by atoms with Crippen molar-refractivity contribution in [1.29, 1.82) is 5.26 Å². The van der Waals surface area contributed by atoms with E-state index >= 15 is 0 Å². The Morgan fingerprint density at radius 3 is 2.47 bits per heavy atom. The third-order valence-electron chi connectivity index (χ3n) is 9.68. The highest BCUT2D eigenvalue weighted by molar-refractivity contribution is 5.81. The zero-order chi connectivity index (χ0) is 31.6. The van der Waals surface area contributed by atoms with Crippen LogP contribution in [-0.2, 0) is 25.8 Å². The van der Waals surface area contributed by atoms with Crippen LogP contribution in [0.3, 0.4) is 0 Å². The van der Waals surface area contributed by atoms with E-state index in [0.29, 0.717) is 29.9 Å². The Hall–Kier alpha value is -3.98. The van der Waals surface area contributed by atoms with E-state index in [1.807, 2.05) is 12.1 Å². The van der Waals surface area contributed by atoms with Crippen molar-refractivity contribution in [2.75, 3.05) is 18.0 Å². The average molecular weight is 604 g/mol. The number of benzene rings is 2. The lowest BCUT2D eigenvalue weighted by Crippen LogP contribution is -2.35. The number of rotatable bonds is 10. The summed E-state index contributed by atoms with van der Waals surface area (Å²) in [6, 6.07) is 19.6. The Labute approximate surface area is 267 Å². The quantitative estimate of drug-likeness (QED) is 0.182. The number of fused-ring (bicyclic) bond motifs is 1. The molecule has 0 radical (unpaired) electrons. The third kappa shape index (κ3) is 7.47. The molecule has 0 unspecified atom stereocenters. The Morgan fingerprint density at radius 1 is 0.978 bits per heavy atom. The van der Waals surface area contributed by atoms with Crippen LogP contribution in [0.1, 0.15) is 87.5 Å². The summed E-state index contributed by atoms with van der Waals surface area (Å²) in [5.74, 6) is 3.28. The van der Waals surface area contributed by atoms with E-state index in [-0.39, 0.29) is 11.2 Å². The summed E-state index contributed by atoms with van der Waals surface area (Å²) in [6.45, 7) is 14.3. The van der Waals surface area contributed by atoms with Gasteiger partial charge in [-0.25, -0.2) is 14.4 Å². The smallest absolute Gasteiger partial charge is 0.128 e. The van der Waals surface area contributed by atoms with Gasteiger partial charge in [0.1, 0.15) is 17.5 Å². The van der Waals surface area contributed by atoms with E-state index in [9.17, 15) is 4.39 Å². The molecule has 234 valence electrons. The first-order valence-corrected chi connectivity index (χ1v) is 16.7. The molecule has 1 aliphatic carbocycles. The van der Waals surface area contributed by atoms with Crippen LogP contribution in [0, 0.1) is 34.4 Å².